The van der Waals surface area contributed by atoms with Crippen molar-refractivity contribution in [1.82, 2.24) is 5.32 Å². The maximum atomic E-state index is 10.3. The summed E-state index contributed by atoms with van der Waals surface area (Å²) in [6, 6.07) is 0. The van der Waals surface area contributed by atoms with Crippen molar-refractivity contribution >= 4 is 5.97 Å². The van der Waals surface area contributed by atoms with Crippen molar-refractivity contribution in [2.24, 2.45) is 5.92 Å². The van der Waals surface area contributed by atoms with E-state index in [4.69, 9.17) is 5.11 Å². The molecule has 1 saturated heterocycles. The molecule has 1 aliphatic rings. The van der Waals surface area contributed by atoms with Gasteiger partial charge in [0.1, 0.15) is 0 Å². The molecule has 0 aromatic carbocycles. The number of nitrogens with one attached hydrogen (secondary N) is 1. The van der Waals surface area contributed by atoms with E-state index in [9.17, 15) is 4.79 Å². The molecular formula is C11H21NO2. The summed E-state index contributed by atoms with van der Waals surface area (Å²) < 4.78 is 0. The third-order valence-corrected chi connectivity index (χ3v) is 2.90. The van der Waals surface area contributed by atoms with Crippen LogP contribution in [0.15, 0.2) is 0 Å². The minimum atomic E-state index is -0.663. The summed E-state index contributed by atoms with van der Waals surface area (Å²) >= 11 is 0. The largest absolute Gasteiger partial charge is 0.481 e. The first-order valence-electron chi connectivity index (χ1n) is 5.71. The fourth-order valence-corrected chi connectivity index (χ4v) is 2.06. The molecule has 1 fully saturated rings. The van der Waals surface area contributed by atoms with Crippen molar-refractivity contribution in [2.75, 3.05) is 13.1 Å². The van der Waals surface area contributed by atoms with Crippen LogP contribution in [0.3, 0.4) is 0 Å². The second-order valence-corrected chi connectivity index (χ2v) is 4.21. The molecule has 0 aromatic rings. The lowest BCUT2D eigenvalue weighted by Crippen LogP contribution is -2.29. The summed E-state index contributed by atoms with van der Waals surface area (Å²) in [5.41, 5.74) is 0. The Morgan fingerprint density at radius 1 is 1.36 bits per heavy atom. The van der Waals surface area contributed by atoms with Gasteiger partial charge in [0.05, 0.1) is 0 Å². The standard InChI is InChI=1S/C11H21NO2/c13-11(14)7-3-1-2-5-10-6-4-8-12-9-10/h10,12H,1-9H2,(H,13,14). The molecule has 0 spiro atoms. The second kappa shape index (κ2) is 6.82. The van der Waals surface area contributed by atoms with Crippen LogP contribution in [-0.4, -0.2) is 24.2 Å². The van der Waals surface area contributed by atoms with Crippen molar-refractivity contribution < 1.29 is 9.90 Å². The molecule has 82 valence electrons. The highest BCUT2D eigenvalue weighted by Gasteiger charge is 2.11. The maximum absolute atomic E-state index is 10.3. The van der Waals surface area contributed by atoms with E-state index < -0.39 is 5.97 Å². The molecule has 0 radical (unpaired) electrons. The van der Waals surface area contributed by atoms with Crippen molar-refractivity contribution in [3.63, 3.8) is 0 Å². The molecule has 0 saturated carbocycles. The highest BCUT2D eigenvalue weighted by atomic mass is 16.4. The minimum Gasteiger partial charge on any atom is -0.481 e. The Morgan fingerprint density at radius 3 is 2.86 bits per heavy atom. The van der Waals surface area contributed by atoms with E-state index in [0.717, 1.165) is 18.8 Å². The van der Waals surface area contributed by atoms with E-state index in [1.807, 2.05) is 0 Å². The Kier molecular flexibility index (Phi) is 5.60. The summed E-state index contributed by atoms with van der Waals surface area (Å²) in [4.78, 5) is 10.3. The average molecular weight is 199 g/mol. The van der Waals surface area contributed by atoms with Gasteiger partial charge in [-0.25, -0.2) is 0 Å². The van der Waals surface area contributed by atoms with Crippen LogP contribution in [0.5, 0.6) is 0 Å². The molecule has 1 unspecified atom stereocenters. The maximum Gasteiger partial charge on any atom is 0.303 e. The number of rotatable bonds is 6. The van der Waals surface area contributed by atoms with E-state index >= 15 is 0 Å². The van der Waals surface area contributed by atoms with Crippen molar-refractivity contribution in [2.45, 2.75) is 44.9 Å². The molecule has 3 heteroatoms. The predicted octanol–water partition coefficient (Wildman–Crippen LogP) is 2.02. The third-order valence-electron chi connectivity index (χ3n) is 2.90. The van der Waals surface area contributed by atoms with Gasteiger partial charge in [0.2, 0.25) is 0 Å². The van der Waals surface area contributed by atoms with E-state index in [1.54, 1.807) is 0 Å². The molecule has 1 aliphatic heterocycles. The van der Waals surface area contributed by atoms with Gasteiger partial charge in [-0.1, -0.05) is 12.8 Å². The van der Waals surface area contributed by atoms with Gasteiger partial charge in [0.25, 0.3) is 0 Å². The second-order valence-electron chi connectivity index (χ2n) is 4.21. The number of hydrogen-bond acceptors (Lipinski definition) is 2. The first kappa shape index (κ1) is 11.5. The molecule has 0 aromatic heterocycles. The van der Waals surface area contributed by atoms with Crippen LogP contribution in [-0.2, 0) is 4.79 Å². The molecule has 1 atom stereocenters. The number of piperidine rings is 1. The first-order chi connectivity index (χ1) is 6.79. The van der Waals surface area contributed by atoms with Crippen molar-refractivity contribution in [1.29, 1.82) is 0 Å². The summed E-state index contributed by atoms with van der Waals surface area (Å²) in [7, 11) is 0. The predicted molar refractivity (Wildman–Crippen MR) is 56.3 cm³/mol. The molecule has 3 nitrogen and oxygen atoms in total. The fraction of sp³-hybridized carbons (Fsp3) is 0.909. The lowest BCUT2D eigenvalue weighted by Gasteiger charge is -2.22. The number of aliphatic carboxylic acids is 1. The molecule has 0 bridgehead atoms. The van der Waals surface area contributed by atoms with Gasteiger partial charge in [-0.2, -0.15) is 0 Å². The average Bonchev–Trinajstić information content (AvgIpc) is 2.18. The fourth-order valence-electron chi connectivity index (χ4n) is 2.06. The molecule has 2 N–H and O–H groups in total. The van der Waals surface area contributed by atoms with Crippen LogP contribution in [0.4, 0.5) is 0 Å². The third kappa shape index (κ3) is 5.22. The van der Waals surface area contributed by atoms with Crippen LogP contribution in [0.1, 0.15) is 44.9 Å². The van der Waals surface area contributed by atoms with Crippen LogP contribution >= 0.6 is 0 Å². The van der Waals surface area contributed by atoms with E-state index in [1.165, 1.54) is 38.8 Å². The summed E-state index contributed by atoms with van der Waals surface area (Å²) in [5.74, 6) is 0.179. The van der Waals surface area contributed by atoms with E-state index in [0.29, 0.717) is 6.42 Å². The lowest BCUT2D eigenvalue weighted by atomic mass is 9.93. The first-order valence-corrected chi connectivity index (χ1v) is 5.71. The SMILES string of the molecule is O=C(O)CCCCCC1CCCNC1. The Bertz CT molecular complexity index is 165. The number of carboxylic acid groups (broad SMARTS) is 1. The zero-order chi connectivity index (χ0) is 10.2. The summed E-state index contributed by atoms with van der Waals surface area (Å²) in [6.07, 6.45) is 7.37. The zero-order valence-electron chi connectivity index (χ0n) is 8.80. The quantitative estimate of drug-likeness (QED) is 0.643. The molecular weight excluding hydrogens is 178 g/mol. The monoisotopic (exact) mass is 199 g/mol. The van der Waals surface area contributed by atoms with Gasteiger partial charge in [-0.15, -0.1) is 0 Å². The van der Waals surface area contributed by atoms with Gasteiger partial charge in [-0.05, 0) is 44.7 Å². The zero-order valence-corrected chi connectivity index (χ0v) is 8.80. The number of carboxylic acids is 1. The Balaban J connectivity index is 1.90. The number of unbranched alkanes of at least 4 members (excludes halogenated alkanes) is 2. The Morgan fingerprint density at radius 2 is 2.21 bits per heavy atom. The highest BCUT2D eigenvalue weighted by molar-refractivity contribution is 5.66. The topological polar surface area (TPSA) is 49.3 Å². The van der Waals surface area contributed by atoms with Crippen molar-refractivity contribution in [3.05, 3.63) is 0 Å². The number of carbonyl (C=O) groups is 1. The van der Waals surface area contributed by atoms with Crippen LogP contribution < -0.4 is 5.32 Å². The van der Waals surface area contributed by atoms with E-state index in [2.05, 4.69) is 5.32 Å². The lowest BCUT2D eigenvalue weighted by molar-refractivity contribution is -0.137. The highest BCUT2D eigenvalue weighted by Crippen LogP contribution is 2.17. The summed E-state index contributed by atoms with van der Waals surface area (Å²) in [6.45, 7) is 2.34. The molecule has 0 aliphatic carbocycles. The van der Waals surface area contributed by atoms with Crippen LogP contribution in [0, 0.1) is 5.92 Å². The Labute approximate surface area is 85.9 Å². The molecule has 1 rings (SSSR count). The molecule has 14 heavy (non-hydrogen) atoms. The minimum absolute atomic E-state index is 0.336. The van der Waals surface area contributed by atoms with Crippen LogP contribution in [0.2, 0.25) is 0 Å². The van der Waals surface area contributed by atoms with Gasteiger partial charge < -0.3 is 10.4 Å². The van der Waals surface area contributed by atoms with Crippen LogP contribution in [0.25, 0.3) is 0 Å². The normalized spacial score (nSPS) is 22.1. The van der Waals surface area contributed by atoms with Gasteiger partial charge in [-0.3, -0.25) is 4.79 Å². The van der Waals surface area contributed by atoms with Gasteiger partial charge in [0.15, 0.2) is 0 Å². The smallest absolute Gasteiger partial charge is 0.303 e. The van der Waals surface area contributed by atoms with E-state index in [-0.39, 0.29) is 0 Å². The molecule has 0 amide bonds. The Hall–Kier alpha value is -0.570. The number of hydrogen-bond donors (Lipinski definition) is 2. The van der Waals surface area contributed by atoms with Gasteiger partial charge in [0, 0.05) is 6.42 Å². The van der Waals surface area contributed by atoms with Gasteiger partial charge >= 0.3 is 5.97 Å². The summed E-state index contributed by atoms with van der Waals surface area (Å²) in [5, 5.41) is 11.9. The molecule has 1 heterocycles. The van der Waals surface area contributed by atoms with Crippen molar-refractivity contribution in [3.8, 4) is 0 Å².